The van der Waals surface area contributed by atoms with Crippen LogP contribution in [0.5, 0.6) is 0 Å². The van der Waals surface area contributed by atoms with Crippen LogP contribution < -0.4 is 10.6 Å². The number of aliphatic imine (C=N–C) groups is 1. The first-order chi connectivity index (χ1) is 14.3. The molecule has 0 spiro atoms. The molecule has 162 valence electrons. The van der Waals surface area contributed by atoms with E-state index in [1.807, 2.05) is 7.05 Å². The van der Waals surface area contributed by atoms with E-state index in [1.54, 1.807) is 7.11 Å². The Morgan fingerprint density at radius 2 is 1.83 bits per heavy atom. The molecule has 0 amide bonds. The number of ether oxygens (including phenoxy) is 1. The molecule has 0 saturated carbocycles. The van der Waals surface area contributed by atoms with Crippen molar-refractivity contribution in [2.75, 3.05) is 60.0 Å². The van der Waals surface area contributed by atoms with Crippen LogP contribution in [-0.2, 0) is 11.3 Å². The summed E-state index contributed by atoms with van der Waals surface area (Å²) in [6, 6.07) is 11.4. The molecule has 2 heterocycles. The lowest BCUT2D eigenvalue weighted by Crippen LogP contribution is -2.46. The molecule has 29 heavy (non-hydrogen) atoms. The summed E-state index contributed by atoms with van der Waals surface area (Å²) in [6.07, 6.45) is 5.05. The maximum atomic E-state index is 5.19. The largest absolute Gasteiger partial charge is 0.383 e. The van der Waals surface area contributed by atoms with Gasteiger partial charge in [0, 0.05) is 46.4 Å². The summed E-state index contributed by atoms with van der Waals surface area (Å²) in [6.45, 7) is 8.45. The van der Waals surface area contributed by atoms with Gasteiger partial charge in [0.15, 0.2) is 5.96 Å². The Morgan fingerprint density at radius 3 is 2.55 bits per heavy atom. The van der Waals surface area contributed by atoms with Crippen LogP contribution in [0.1, 0.15) is 31.2 Å². The molecule has 2 saturated heterocycles. The predicted octanol–water partition coefficient (Wildman–Crippen LogP) is 2.17. The molecule has 1 atom stereocenters. The molecule has 2 aliphatic heterocycles. The minimum Gasteiger partial charge on any atom is -0.383 e. The van der Waals surface area contributed by atoms with Crippen molar-refractivity contribution in [3.05, 3.63) is 35.9 Å². The molecule has 1 aromatic carbocycles. The third kappa shape index (κ3) is 7.28. The highest BCUT2D eigenvalue weighted by molar-refractivity contribution is 5.79. The van der Waals surface area contributed by atoms with Gasteiger partial charge in [-0.1, -0.05) is 30.3 Å². The number of methoxy groups -OCH3 is 1. The van der Waals surface area contributed by atoms with Crippen molar-refractivity contribution in [3.63, 3.8) is 0 Å². The molecular formula is C23H39N5O. The zero-order valence-corrected chi connectivity index (χ0v) is 18.3. The molecule has 2 N–H and O–H groups in total. The molecule has 6 nitrogen and oxygen atoms in total. The molecule has 1 unspecified atom stereocenters. The monoisotopic (exact) mass is 401 g/mol. The third-order valence-corrected chi connectivity index (χ3v) is 6.33. The van der Waals surface area contributed by atoms with Gasteiger partial charge < -0.3 is 20.3 Å². The second-order valence-corrected chi connectivity index (χ2v) is 8.36. The maximum absolute atomic E-state index is 5.19. The first-order valence-corrected chi connectivity index (χ1v) is 11.2. The van der Waals surface area contributed by atoms with Gasteiger partial charge in [0.2, 0.25) is 0 Å². The van der Waals surface area contributed by atoms with Crippen molar-refractivity contribution in [3.8, 4) is 0 Å². The summed E-state index contributed by atoms with van der Waals surface area (Å²) in [5.41, 5.74) is 1.40. The quantitative estimate of drug-likeness (QED) is 0.491. The second-order valence-electron chi connectivity index (χ2n) is 8.36. The molecule has 2 aliphatic rings. The van der Waals surface area contributed by atoms with E-state index in [9.17, 15) is 0 Å². The first-order valence-electron chi connectivity index (χ1n) is 11.2. The van der Waals surface area contributed by atoms with Crippen LogP contribution in [0.25, 0.3) is 0 Å². The van der Waals surface area contributed by atoms with Crippen LogP contribution in [0.15, 0.2) is 35.3 Å². The fourth-order valence-corrected chi connectivity index (χ4v) is 4.46. The van der Waals surface area contributed by atoms with Crippen LogP contribution >= 0.6 is 0 Å². The average molecular weight is 402 g/mol. The minimum absolute atomic E-state index is 0.581. The molecule has 0 bridgehead atoms. The fourth-order valence-electron chi connectivity index (χ4n) is 4.46. The number of hydrogen-bond donors (Lipinski definition) is 2. The van der Waals surface area contributed by atoms with Gasteiger partial charge in [-0.15, -0.1) is 0 Å². The second kappa shape index (κ2) is 12.2. The predicted molar refractivity (Wildman–Crippen MR) is 120 cm³/mol. The van der Waals surface area contributed by atoms with Crippen molar-refractivity contribution < 1.29 is 4.74 Å². The Morgan fingerprint density at radius 1 is 1.07 bits per heavy atom. The highest BCUT2D eigenvalue weighted by Gasteiger charge is 2.25. The van der Waals surface area contributed by atoms with Crippen LogP contribution in [0.3, 0.4) is 0 Å². The van der Waals surface area contributed by atoms with Gasteiger partial charge in [-0.3, -0.25) is 9.89 Å². The Kier molecular flexibility index (Phi) is 9.25. The van der Waals surface area contributed by atoms with Crippen LogP contribution in [0, 0.1) is 5.92 Å². The summed E-state index contributed by atoms with van der Waals surface area (Å²) < 4.78 is 5.19. The van der Waals surface area contributed by atoms with Crippen LogP contribution in [0.4, 0.5) is 0 Å². The van der Waals surface area contributed by atoms with E-state index in [2.05, 4.69) is 55.8 Å². The Hall–Kier alpha value is -1.63. The van der Waals surface area contributed by atoms with E-state index in [0.717, 1.165) is 44.7 Å². The Balaban J connectivity index is 1.36. The van der Waals surface area contributed by atoms with Crippen molar-refractivity contribution in [1.82, 2.24) is 20.4 Å². The standard InChI is InChI=1S/C23H39N5O/c1-24-23(25-17-20-10-13-27(14-11-20)15-16-29-2)26-18-22-9-6-12-28(22)19-21-7-4-3-5-8-21/h3-5,7-8,20,22H,6,9-19H2,1-2H3,(H2,24,25,26). The molecular weight excluding hydrogens is 362 g/mol. The zero-order chi connectivity index (χ0) is 20.3. The number of nitrogens with zero attached hydrogens (tertiary/aromatic N) is 3. The normalized spacial score (nSPS) is 22.1. The van der Waals surface area contributed by atoms with Crippen molar-refractivity contribution >= 4 is 5.96 Å². The molecule has 6 heteroatoms. The van der Waals surface area contributed by atoms with Crippen molar-refractivity contribution in [2.45, 2.75) is 38.3 Å². The summed E-state index contributed by atoms with van der Waals surface area (Å²) >= 11 is 0. The van der Waals surface area contributed by atoms with E-state index in [1.165, 1.54) is 50.9 Å². The number of benzene rings is 1. The SMILES string of the molecule is CN=C(NCC1CCN(CCOC)CC1)NCC1CCCN1Cc1ccccc1. The van der Waals surface area contributed by atoms with E-state index in [0.29, 0.717) is 6.04 Å². The lowest BCUT2D eigenvalue weighted by atomic mass is 9.97. The molecule has 2 fully saturated rings. The van der Waals surface area contributed by atoms with Crippen LogP contribution in [0.2, 0.25) is 0 Å². The Bertz CT molecular complexity index is 601. The summed E-state index contributed by atoms with van der Waals surface area (Å²) in [7, 11) is 3.65. The van der Waals surface area contributed by atoms with Crippen molar-refractivity contribution in [1.29, 1.82) is 0 Å². The average Bonchev–Trinajstić information content (AvgIpc) is 3.20. The van der Waals surface area contributed by atoms with Gasteiger partial charge in [0.1, 0.15) is 0 Å². The highest BCUT2D eigenvalue weighted by Crippen LogP contribution is 2.19. The summed E-state index contributed by atoms with van der Waals surface area (Å²) in [5, 5.41) is 7.14. The number of guanidine groups is 1. The minimum atomic E-state index is 0.581. The summed E-state index contributed by atoms with van der Waals surface area (Å²) in [4.78, 5) is 9.56. The lowest BCUT2D eigenvalue weighted by Gasteiger charge is -2.32. The van der Waals surface area contributed by atoms with Crippen molar-refractivity contribution in [2.24, 2.45) is 10.9 Å². The highest BCUT2D eigenvalue weighted by atomic mass is 16.5. The molecule has 0 aromatic heterocycles. The molecule has 3 rings (SSSR count). The number of hydrogen-bond acceptors (Lipinski definition) is 4. The Labute approximate surface area is 176 Å². The smallest absolute Gasteiger partial charge is 0.191 e. The number of piperidine rings is 1. The van der Waals surface area contributed by atoms with Gasteiger partial charge in [-0.2, -0.15) is 0 Å². The summed E-state index contributed by atoms with van der Waals surface area (Å²) in [5.74, 6) is 1.67. The first kappa shape index (κ1) is 22.1. The lowest BCUT2D eigenvalue weighted by molar-refractivity contribution is 0.121. The van der Waals surface area contributed by atoms with Crippen LogP contribution in [-0.4, -0.2) is 81.8 Å². The molecule has 0 aliphatic carbocycles. The topological polar surface area (TPSA) is 52.1 Å². The number of rotatable bonds is 9. The molecule has 1 aromatic rings. The van der Waals surface area contributed by atoms with Gasteiger partial charge in [-0.05, 0) is 56.8 Å². The number of likely N-dealkylation sites (tertiary alicyclic amines) is 2. The van der Waals surface area contributed by atoms with E-state index < -0.39 is 0 Å². The van der Waals surface area contributed by atoms with Gasteiger partial charge in [0.25, 0.3) is 0 Å². The van der Waals surface area contributed by atoms with E-state index >= 15 is 0 Å². The molecule has 0 radical (unpaired) electrons. The maximum Gasteiger partial charge on any atom is 0.191 e. The third-order valence-electron chi connectivity index (χ3n) is 6.33. The zero-order valence-electron chi connectivity index (χ0n) is 18.3. The van der Waals surface area contributed by atoms with E-state index in [4.69, 9.17) is 4.74 Å². The van der Waals surface area contributed by atoms with E-state index in [-0.39, 0.29) is 0 Å². The number of nitrogens with one attached hydrogen (secondary N) is 2. The fraction of sp³-hybridized carbons (Fsp3) is 0.696. The van der Waals surface area contributed by atoms with Gasteiger partial charge >= 0.3 is 0 Å². The van der Waals surface area contributed by atoms with Gasteiger partial charge in [-0.25, -0.2) is 0 Å². The van der Waals surface area contributed by atoms with Gasteiger partial charge in [0.05, 0.1) is 6.61 Å².